The number of aromatic nitrogens is 1. The van der Waals surface area contributed by atoms with Gasteiger partial charge in [0, 0.05) is 12.1 Å². The molecule has 1 atom stereocenters. The number of carboxylic acid groups (broad SMARTS) is 1. The molecule has 0 saturated carbocycles. The van der Waals surface area contributed by atoms with Crippen LogP contribution in [0.4, 0.5) is 5.69 Å². The summed E-state index contributed by atoms with van der Waals surface area (Å²) in [7, 11) is 0. The Labute approximate surface area is 134 Å². The number of aliphatic carboxylic acids is 1. The second-order valence-corrected chi connectivity index (χ2v) is 5.35. The van der Waals surface area contributed by atoms with Crippen molar-refractivity contribution in [1.29, 1.82) is 0 Å². The average Bonchev–Trinajstić information content (AvgIpc) is 2.53. The third-order valence-electron chi connectivity index (χ3n) is 3.35. The number of pyridine rings is 1. The Morgan fingerprint density at radius 3 is 2.82 bits per heavy atom. The van der Waals surface area contributed by atoms with E-state index in [4.69, 9.17) is 22.4 Å². The minimum absolute atomic E-state index is 0.00217. The number of benzene rings is 1. The molecule has 0 amide bonds. The van der Waals surface area contributed by atoms with Crippen LogP contribution >= 0.6 is 11.6 Å². The van der Waals surface area contributed by atoms with Crippen LogP contribution in [0.1, 0.15) is 23.6 Å². The van der Waals surface area contributed by atoms with Gasteiger partial charge in [-0.25, -0.2) is 0 Å². The molecule has 22 heavy (non-hydrogen) atoms. The van der Waals surface area contributed by atoms with E-state index in [0.717, 1.165) is 16.9 Å². The largest absolute Gasteiger partial charge is 0.481 e. The SMILES string of the molecule is NC[C@H](CC(=O)O)c1ccc(Cl)c(NCc2ccccn2)c1. The lowest BCUT2D eigenvalue weighted by Crippen LogP contribution is -2.16. The number of rotatable bonds is 7. The Morgan fingerprint density at radius 2 is 2.18 bits per heavy atom. The monoisotopic (exact) mass is 319 g/mol. The van der Waals surface area contributed by atoms with E-state index in [9.17, 15) is 4.79 Å². The summed E-state index contributed by atoms with van der Waals surface area (Å²) in [5, 5.41) is 12.7. The van der Waals surface area contributed by atoms with Crippen molar-refractivity contribution < 1.29 is 9.90 Å². The van der Waals surface area contributed by atoms with Gasteiger partial charge in [0.25, 0.3) is 0 Å². The highest BCUT2D eigenvalue weighted by Crippen LogP contribution is 2.28. The molecule has 4 N–H and O–H groups in total. The molecule has 0 bridgehead atoms. The van der Waals surface area contributed by atoms with Gasteiger partial charge in [-0.1, -0.05) is 23.7 Å². The van der Waals surface area contributed by atoms with Crippen LogP contribution in [0.15, 0.2) is 42.6 Å². The predicted molar refractivity (Wildman–Crippen MR) is 87.1 cm³/mol. The molecule has 0 unspecified atom stereocenters. The molecule has 0 fully saturated rings. The first-order valence-electron chi connectivity index (χ1n) is 6.95. The van der Waals surface area contributed by atoms with E-state index < -0.39 is 5.97 Å². The molecule has 0 saturated heterocycles. The van der Waals surface area contributed by atoms with Crippen LogP contribution in [0.5, 0.6) is 0 Å². The number of hydrogen-bond donors (Lipinski definition) is 3. The third kappa shape index (κ3) is 4.44. The fourth-order valence-electron chi connectivity index (χ4n) is 2.17. The zero-order valence-electron chi connectivity index (χ0n) is 12.0. The van der Waals surface area contributed by atoms with Crippen LogP contribution < -0.4 is 11.1 Å². The van der Waals surface area contributed by atoms with E-state index in [0.29, 0.717) is 11.6 Å². The van der Waals surface area contributed by atoms with Crippen LogP contribution in [0.25, 0.3) is 0 Å². The minimum Gasteiger partial charge on any atom is -0.481 e. The summed E-state index contributed by atoms with van der Waals surface area (Å²) in [5.41, 5.74) is 8.18. The number of carbonyl (C=O) groups is 1. The molecule has 1 aromatic carbocycles. The summed E-state index contributed by atoms with van der Waals surface area (Å²) in [4.78, 5) is 15.1. The van der Waals surface area contributed by atoms with Crippen molar-refractivity contribution in [3.8, 4) is 0 Å². The Kier molecular flexibility index (Phi) is 5.75. The zero-order valence-corrected chi connectivity index (χ0v) is 12.8. The van der Waals surface area contributed by atoms with E-state index in [1.807, 2.05) is 30.3 Å². The minimum atomic E-state index is -0.867. The first-order chi connectivity index (χ1) is 10.6. The number of nitrogens with two attached hydrogens (primary N) is 1. The Balaban J connectivity index is 2.14. The second-order valence-electron chi connectivity index (χ2n) is 4.94. The standard InChI is InChI=1S/C16H18ClN3O2/c17-14-5-4-11(12(9-18)8-16(21)22)7-15(14)20-10-13-3-1-2-6-19-13/h1-7,12,20H,8-10,18H2,(H,21,22)/t12-/m0/s1. The fraction of sp³-hybridized carbons (Fsp3) is 0.250. The summed E-state index contributed by atoms with van der Waals surface area (Å²) < 4.78 is 0. The summed E-state index contributed by atoms with van der Waals surface area (Å²) in [6.45, 7) is 0.809. The number of anilines is 1. The summed E-state index contributed by atoms with van der Waals surface area (Å²) in [6, 6.07) is 11.1. The lowest BCUT2D eigenvalue weighted by atomic mass is 9.95. The van der Waals surface area contributed by atoms with Gasteiger partial charge in [0.1, 0.15) is 0 Å². The average molecular weight is 320 g/mol. The molecule has 0 aliphatic heterocycles. The molecule has 0 aliphatic carbocycles. The van der Waals surface area contributed by atoms with E-state index in [-0.39, 0.29) is 18.9 Å². The van der Waals surface area contributed by atoms with Gasteiger partial charge in [-0.05, 0) is 36.4 Å². The molecule has 1 heterocycles. The predicted octanol–water partition coefficient (Wildman–Crippen LogP) is 2.86. The van der Waals surface area contributed by atoms with Crippen LogP contribution in [0.3, 0.4) is 0 Å². The highest BCUT2D eigenvalue weighted by molar-refractivity contribution is 6.33. The van der Waals surface area contributed by atoms with Gasteiger partial charge in [-0.2, -0.15) is 0 Å². The highest BCUT2D eigenvalue weighted by Gasteiger charge is 2.15. The van der Waals surface area contributed by atoms with Gasteiger partial charge in [0.05, 0.1) is 29.4 Å². The number of hydrogen-bond acceptors (Lipinski definition) is 4. The van der Waals surface area contributed by atoms with Crippen LogP contribution in [0, 0.1) is 0 Å². The summed E-state index contributed by atoms with van der Waals surface area (Å²) in [5.74, 6) is -1.10. The van der Waals surface area contributed by atoms with Crippen molar-refractivity contribution in [2.24, 2.45) is 5.73 Å². The molecule has 5 nitrogen and oxygen atoms in total. The van der Waals surface area contributed by atoms with E-state index in [1.54, 1.807) is 12.3 Å². The molecule has 6 heteroatoms. The fourth-order valence-corrected chi connectivity index (χ4v) is 2.35. The third-order valence-corrected chi connectivity index (χ3v) is 3.68. The summed E-state index contributed by atoms with van der Waals surface area (Å²) in [6.07, 6.45) is 1.73. The van der Waals surface area contributed by atoms with Crippen LogP contribution in [-0.4, -0.2) is 22.6 Å². The van der Waals surface area contributed by atoms with Crippen molar-refractivity contribution in [2.45, 2.75) is 18.9 Å². The molecule has 2 aromatic rings. The molecule has 0 radical (unpaired) electrons. The van der Waals surface area contributed by atoms with Crippen molar-refractivity contribution in [2.75, 3.05) is 11.9 Å². The quantitative estimate of drug-likeness (QED) is 0.730. The van der Waals surface area contributed by atoms with E-state index in [2.05, 4.69) is 10.3 Å². The van der Waals surface area contributed by atoms with Crippen molar-refractivity contribution in [1.82, 2.24) is 4.98 Å². The molecule has 1 aromatic heterocycles. The van der Waals surface area contributed by atoms with Crippen molar-refractivity contribution >= 4 is 23.3 Å². The molecular weight excluding hydrogens is 302 g/mol. The summed E-state index contributed by atoms with van der Waals surface area (Å²) >= 11 is 6.19. The van der Waals surface area contributed by atoms with Crippen LogP contribution in [0.2, 0.25) is 5.02 Å². The Bertz CT molecular complexity index is 635. The van der Waals surface area contributed by atoms with E-state index in [1.165, 1.54) is 0 Å². The second kappa shape index (κ2) is 7.77. The smallest absolute Gasteiger partial charge is 0.304 e. The molecular formula is C16H18ClN3O2. The maximum atomic E-state index is 10.9. The lowest BCUT2D eigenvalue weighted by molar-refractivity contribution is -0.137. The lowest BCUT2D eigenvalue weighted by Gasteiger charge is -2.16. The first kappa shape index (κ1) is 16.3. The van der Waals surface area contributed by atoms with Gasteiger partial charge in [-0.15, -0.1) is 0 Å². The van der Waals surface area contributed by atoms with Gasteiger partial charge < -0.3 is 16.2 Å². The highest BCUT2D eigenvalue weighted by atomic mass is 35.5. The van der Waals surface area contributed by atoms with Gasteiger partial charge >= 0.3 is 5.97 Å². The first-order valence-corrected chi connectivity index (χ1v) is 7.33. The van der Waals surface area contributed by atoms with Crippen molar-refractivity contribution in [3.05, 3.63) is 58.9 Å². The van der Waals surface area contributed by atoms with Crippen molar-refractivity contribution in [3.63, 3.8) is 0 Å². The maximum absolute atomic E-state index is 10.9. The van der Waals surface area contributed by atoms with Gasteiger partial charge in [0.2, 0.25) is 0 Å². The number of halogens is 1. The number of nitrogens with zero attached hydrogens (tertiary/aromatic N) is 1. The van der Waals surface area contributed by atoms with Gasteiger partial charge in [0.15, 0.2) is 0 Å². The van der Waals surface area contributed by atoms with Gasteiger partial charge in [-0.3, -0.25) is 9.78 Å². The number of nitrogens with one attached hydrogen (secondary N) is 1. The maximum Gasteiger partial charge on any atom is 0.304 e. The molecule has 116 valence electrons. The Morgan fingerprint density at radius 1 is 1.36 bits per heavy atom. The molecule has 2 rings (SSSR count). The van der Waals surface area contributed by atoms with Crippen LogP contribution in [-0.2, 0) is 11.3 Å². The normalized spacial score (nSPS) is 11.9. The zero-order chi connectivity index (χ0) is 15.9. The molecule has 0 aliphatic rings. The molecule has 0 spiro atoms. The Hall–Kier alpha value is -2.11. The topological polar surface area (TPSA) is 88.2 Å². The van der Waals surface area contributed by atoms with E-state index >= 15 is 0 Å². The number of carboxylic acids is 1.